The topological polar surface area (TPSA) is 58.2 Å². The molecule has 124 valence electrons. The molecule has 2 unspecified atom stereocenters. The molecule has 2 atom stereocenters. The molecule has 3 rings (SSSR count). The van der Waals surface area contributed by atoms with Gasteiger partial charge in [0.25, 0.3) is 0 Å². The molecule has 0 bridgehead atoms. The third kappa shape index (κ3) is 4.02. The molecule has 1 aliphatic carbocycles. The predicted octanol–water partition coefficient (Wildman–Crippen LogP) is 3.19. The predicted molar refractivity (Wildman–Crippen MR) is 94.4 cm³/mol. The molecule has 1 aliphatic rings. The molecule has 0 aromatic heterocycles. The van der Waals surface area contributed by atoms with Gasteiger partial charge in [-0.2, -0.15) is 0 Å². The van der Waals surface area contributed by atoms with E-state index in [1.54, 1.807) is 0 Å². The first kappa shape index (κ1) is 16.2. The molecule has 2 N–H and O–H groups in total. The number of anilines is 1. The molecule has 0 spiro atoms. The van der Waals surface area contributed by atoms with E-state index in [-0.39, 0.29) is 23.7 Å². The van der Waals surface area contributed by atoms with Crippen molar-refractivity contribution in [3.05, 3.63) is 65.2 Å². The molecule has 4 nitrogen and oxygen atoms in total. The molecule has 0 aliphatic heterocycles. The van der Waals surface area contributed by atoms with E-state index in [9.17, 15) is 9.59 Å². The van der Waals surface area contributed by atoms with Gasteiger partial charge in [0.2, 0.25) is 11.8 Å². The Labute approximate surface area is 142 Å². The van der Waals surface area contributed by atoms with Gasteiger partial charge < -0.3 is 10.6 Å². The summed E-state index contributed by atoms with van der Waals surface area (Å²) in [4.78, 5) is 24.4. The van der Waals surface area contributed by atoms with E-state index in [4.69, 9.17) is 0 Å². The van der Waals surface area contributed by atoms with Crippen LogP contribution in [0.3, 0.4) is 0 Å². The summed E-state index contributed by atoms with van der Waals surface area (Å²) in [6, 6.07) is 15.7. The monoisotopic (exact) mass is 322 g/mol. The lowest BCUT2D eigenvalue weighted by atomic mass is 10.1. The van der Waals surface area contributed by atoms with Crippen molar-refractivity contribution in [2.45, 2.75) is 26.8 Å². The van der Waals surface area contributed by atoms with Crippen LogP contribution in [-0.4, -0.2) is 11.8 Å². The second-order valence-electron chi connectivity index (χ2n) is 6.51. The third-order valence-corrected chi connectivity index (χ3v) is 4.34. The Morgan fingerprint density at radius 1 is 0.958 bits per heavy atom. The average molecular weight is 322 g/mol. The van der Waals surface area contributed by atoms with Crippen molar-refractivity contribution in [2.24, 2.45) is 11.8 Å². The molecule has 2 aromatic rings. The van der Waals surface area contributed by atoms with Crippen molar-refractivity contribution in [1.82, 2.24) is 5.32 Å². The fourth-order valence-electron chi connectivity index (χ4n) is 2.76. The van der Waals surface area contributed by atoms with Crippen LogP contribution in [0.15, 0.2) is 48.5 Å². The van der Waals surface area contributed by atoms with Crippen LogP contribution in [0, 0.1) is 25.7 Å². The maximum Gasteiger partial charge on any atom is 0.228 e. The van der Waals surface area contributed by atoms with Gasteiger partial charge in [0, 0.05) is 12.2 Å². The highest BCUT2D eigenvalue weighted by atomic mass is 16.2. The highest BCUT2D eigenvalue weighted by molar-refractivity contribution is 5.99. The van der Waals surface area contributed by atoms with Gasteiger partial charge in [-0.3, -0.25) is 9.59 Å². The fourth-order valence-corrected chi connectivity index (χ4v) is 2.76. The van der Waals surface area contributed by atoms with Crippen molar-refractivity contribution in [2.75, 3.05) is 5.32 Å². The van der Waals surface area contributed by atoms with Crippen molar-refractivity contribution in [3.63, 3.8) is 0 Å². The summed E-state index contributed by atoms with van der Waals surface area (Å²) in [5.41, 5.74) is 4.14. The lowest BCUT2D eigenvalue weighted by Gasteiger charge is -2.07. The van der Waals surface area contributed by atoms with Crippen molar-refractivity contribution < 1.29 is 9.59 Å². The Bertz CT molecular complexity index is 752. The van der Waals surface area contributed by atoms with Gasteiger partial charge in [0.1, 0.15) is 0 Å². The number of aryl methyl sites for hydroxylation is 2. The highest BCUT2D eigenvalue weighted by Gasteiger charge is 2.47. The average Bonchev–Trinajstić information content (AvgIpc) is 3.35. The first-order valence-electron chi connectivity index (χ1n) is 8.24. The number of carbonyl (C=O) groups excluding carboxylic acids is 2. The van der Waals surface area contributed by atoms with E-state index >= 15 is 0 Å². The minimum Gasteiger partial charge on any atom is -0.352 e. The van der Waals surface area contributed by atoms with Crippen LogP contribution in [0.25, 0.3) is 0 Å². The molecular weight excluding hydrogens is 300 g/mol. The lowest BCUT2D eigenvalue weighted by molar-refractivity contribution is -0.125. The Morgan fingerprint density at radius 3 is 2.38 bits per heavy atom. The summed E-state index contributed by atoms with van der Waals surface area (Å²) in [7, 11) is 0. The van der Waals surface area contributed by atoms with Crippen LogP contribution in [-0.2, 0) is 16.1 Å². The zero-order chi connectivity index (χ0) is 17.1. The second-order valence-corrected chi connectivity index (χ2v) is 6.51. The number of hydrogen-bond acceptors (Lipinski definition) is 2. The SMILES string of the molecule is Cc1ccc(CNC(=O)C2CC2C(=O)Nc2cccc(C)c2)cc1. The second kappa shape index (κ2) is 6.87. The van der Waals surface area contributed by atoms with Gasteiger partial charge in [0.15, 0.2) is 0 Å². The normalized spacial score (nSPS) is 18.8. The summed E-state index contributed by atoms with van der Waals surface area (Å²) in [5.74, 6) is -0.542. The van der Waals surface area contributed by atoms with Crippen LogP contribution >= 0.6 is 0 Å². The van der Waals surface area contributed by atoms with E-state index in [2.05, 4.69) is 10.6 Å². The van der Waals surface area contributed by atoms with Crippen LogP contribution in [0.5, 0.6) is 0 Å². The van der Waals surface area contributed by atoms with E-state index in [1.807, 2.05) is 62.4 Å². The summed E-state index contributed by atoms with van der Waals surface area (Å²) in [6.07, 6.45) is 0.622. The maximum absolute atomic E-state index is 12.2. The first-order chi connectivity index (χ1) is 11.5. The van der Waals surface area contributed by atoms with Crippen molar-refractivity contribution >= 4 is 17.5 Å². The number of nitrogens with one attached hydrogen (secondary N) is 2. The molecule has 4 heteroatoms. The Morgan fingerprint density at radius 2 is 1.67 bits per heavy atom. The minimum atomic E-state index is -0.219. The van der Waals surface area contributed by atoms with Gasteiger partial charge in [0.05, 0.1) is 11.8 Å². The Balaban J connectivity index is 1.48. The number of benzene rings is 2. The zero-order valence-electron chi connectivity index (χ0n) is 14.0. The van der Waals surface area contributed by atoms with E-state index in [1.165, 1.54) is 5.56 Å². The van der Waals surface area contributed by atoms with Gasteiger partial charge in [-0.15, -0.1) is 0 Å². The molecular formula is C20H22N2O2. The largest absolute Gasteiger partial charge is 0.352 e. The van der Waals surface area contributed by atoms with Crippen molar-refractivity contribution in [1.29, 1.82) is 0 Å². The minimum absolute atomic E-state index is 0.0417. The van der Waals surface area contributed by atoms with Gasteiger partial charge in [-0.1, -0.05) is 42.0 Å². The van der Waals surface area contributed by atoms with E-state index < -0.39 is 0 Å². The number of carbonyl (C=O) groups is 2. The van der Waals surface area contributed by atoms with Crippen molar-refractivity contribution in [3.8, 4) is 0 Å². The van der Waals surface area contributed by atoms with Crippen LogP contribution in [0.2, 0.25) is 0 Å². The number of rotatable bonds is 5. The van der Waals surface area contributed by atoms with Crippen LogP contribution < -0.4 is 10.6 Å². The maximum atomic E-state index is 12.2. The van der Waals surface area contributed by atoms with E-state index in [0.29, 0.717) is 13.0 Å². The molecule has 0 heterocycles. The van der Waals surface area contributed by atoms with Gasteiger partial charge in [-0.25, -0.2) is 0 Å². The summed E-state index contributed by atoms with van der Waals surface area (Å²) >= 11 is 0. The zero-order valence-corrected chi connectivity index (χ0v) is 14.0. The molecule has 2 aromatic carbocycles. The van der Waals surface area contributed by atoms with Gasteiger partial charge >= 0.3 is 0 Å². The highest BCUT2D eigenvalue weighted by Crippen LogP contribution is 2.39. The number of hydrogen-bond donors (Lipinski definition) is 2. The van der Waals surface area contributed by atoms with E-state index in [0.717, 1.165) is 16.8 Å². The molecule has 1 saturated carbocycles. The third-order valence-electron chi connectivity index (χ3n) is 4.34. The molecule has 0 radical (unpaired) electrons. The van der Waals surface area contributed by atoms with Gasteiger partial charge in [-0.05, 0) is 43.5 Å². The van der Waals surface area contributed by atoms with Crippen LogP contribution in [0.1, 0.15) is 23.1 Å². The first-order valence-corrected chi connectivity index (χ1v) is 8.24. The summed E-state index contributed by atoms with van der Waals surface area (Å²) in [6.45, 7) is 4.51. The van der Waals surface area contributed by atoms with Crippen LogP contribution in [0.4, 0.5) is 5.69 Å². The molecule has 24 heavy (non-hydrogen) atoms. The smallest absolute Gasteiger partial charge is 0.228 e. The number of amides is 2. The standard InChI is InChI=1S/C20H22N2O2/c1-13-6-8-15(9-7-13)12-21-19(23)17-11-18(17)20(24)22-16-5-3-4-14(2)10-16/h3-10,17-18H,11-12H2,1-2H3,(H,21,23)(H,22,24). The Hall–Kier alpha value is -2.62. The lowest BCUT2D eigenvalue weighted by Crippen LogP contribution is -2.27. The fraction of sp³-hybridized carbons (Fsp3) is 0.300. The summed E-state index contributed by atoms with van der Waals surface area (Å²) < 4.78 is 0. The summed E-state index contributed by atoms with van der Waals surface area (Å²) in [5, 5.41) is 5.81. The molecule has 0 saturated heterocycles. The molecule has 2 amide bonds. The molecule has 1 fully saturated rings. The quantitative estimate of drug-likeness (QED) is 0.888. The Kier molecular flexibility index (Phi) is 4.65.